The van der Waals surface area contributed by atoms with Crippen molar-refractivity contribution in [2.45, 2.75) is 30.0 Å². The first-order valence-electron chi connectivity index (χ1n) is 12.5. The minimum Gasteiger partial charge on any atom is -0.289 e. The highest BCUT2D eigenvalue weighted by Crippen LogP contribution is 2.70. The Morgan fingerprint density at radius 3 is 1.38 bits per heavy atom. The molecule has 10 heteroatoms. The molecule has 0 aliphatic heterocycles. The molecule has 0 heterocycles. The SMILES string of the molecule is O=C(c1ccccc1)c1ccc(Sc2ccc(S(OS(=O)(=O)C(F)(F)F)(c3ccccc3)c3ccccc3)cc2)cc1. The van der Waals surface area contributed by atoms with Gasteiger partial charge in [0.25, 0.3) is 0 Å². The van der Waals surface area contributed by atoms with Gasteiger partial charge in [-0.05, 0) is 83.1 Å². The number of ketones is 1. The summed E-state index contributed by atoms with van der Waals surface area (Å²) in [5, 5.41) is 0. The van der Waals surface area contributed by atoms with Crippen molar-refractivity contribution in [3.63, 3.8) is 0 Å². The number of carbonyl (C=O) groups excluding carboxylic acids is 1. The second-order valence-corrected chi connectivity index (χ2v) is 14.5. The van der Waals surface area contributed by atoms with Gasteiger partial charge in [-0.1, -0.05) is 78.5 Å². The van der Waals surface area contributed by atoms with E-state index >= 15 is 0 Å². The number of benzene rings is 5. The molecule has 0 amide bonds. The Morgan fingerprint density at radius 2 is 0.929 bits per heavy atom. The van der Waals surface area contributed by atoms with Crippen LogP contribution in [0.5, 0.6) is 0 Å². The average Bonchev–Trinajstić information content (AvgIpc) is 3.01. The minimum atomic E-state index is -5.99. The molecule has 0 aliphatic carbocycles. The average molecular weight is 625 g/mol. The zero-order valence-corrected chi connectivity index (χ0v) is 24.2. The van der Waals surface area contributed by atoms with E-state index in [2.05, 4.69) is 0 Å². The summed E-state index contributed by atoms with van der Waals surface area (Å²) in [5.41, 5.74) is -4.48. The van der Waals surface area contributed by atoms with Crippen LogP contribution in [-0.4, -0.2) is 19.7 Å². The second kappa shape index (κ2) is 12.2. The highest BCUT2D eigenvalue weighted by molar-refractivity contribution is 8.33. The van der Waals surface area contributed by atoms with Crippen LogP contribution in [0.3, 0.4) is 0 Å². The molecule has 42 heavy (non-hydrogen) atoms. The van der Waals surface area contributed by atoms with Gasteiger partial charge in [-0.25, -0.2) is 0 Å². The lowest BCUT2D eigenvalue weighted by Crippen LogP contribution is -2.27. The molecule has 5 rings (SSSR count). The summed E-state index contributed by atoms with van der Waals surface area (Å²) < 4.78 is 71.3. The molecule has 0 saturated heterocycles. The molecule has 0 saturated carbocycles. The largest absolute Gasteiger partial charge is 0.524 e. The van der Waals surface area contributed by atoms with Crippen LogP contribution in [0.25, 0.3) is 0 Å². The Morgan fingerprint density at radius 1 is 0.548 bits per heavy atom. The van der Waals surface area contributed by atoms with Crippen LogP contribution in [0, 0.1) is 0 Å². The number of hydrogen-bond acceptors (Lipinski definition) is 5. The summed E-state index contributed by atoms with van der Waals surface area (Å²) >= 11 is 1.39. The zero-order valence-electron chi connectivity index (χ0n) is 21.8. The zero-order chi connectivity index (χ0) is 29.8. The number of rotatable bonds is 9. The lowest BCUT2D eigenvalue weighted by atomic mass is 10.0. The van der Waals surface area contributed by atoms with Gasteiger partial charge in [-0.15, -0.1) is 0 Å². The smallest absolute Gasteiger partial charge is 0.289 e. The van der Waals surface area contributed by atoms with Gasteiger partial charge in [0.05, 0.1) is 0 Å². The van der Waals surface area contributed by atoms with Crippen LogP contribution in [0.2, 0.25) is 0 Å². The van der Waals surface area contributed by atoms with Gasteiger partial charge in [-0.3, -0.25) is 4.79 Å². The third kappa shape index (κ3) is 6.17. The highest BCUT2D eigenvalue weighted by Gasteiger charge is 2.52. The van der Waals surface area contributed by atoms with Crippen LogP contribution in [-0.2, 0) is 13.7 Å². The van der Waals surface area contributed by atoms with E-state index < -0.39 is 25.9 Å². The van der Waals surface area contributed by atoms with Crippen molar-refractivity contribution in [1.29, 1.82) is 0 Å². The Balaban J connectivity index is 1.50. The fraction of sp³-hybridized carbons (Fsp3) is 0.0312. The fourth-order valence-electron chi connectivity index (χ4n) is 4.19. The Hall–Kier alpha value is -3.83. The van der Waals surface area contributed by atoms with Crippen LogP contribution in [0.1, 0.15) is 15.9 Å². The number of halogens is 3. The molecule has 214 valence electrons. The summed E-state index contributed by atoms with van der Waals surface area (Å²) in [6, 6.07) is 38.8. The maximum Gasteiger partial charge on any atom is 0.524 e. The first kappa shape index (κ1) is 29.7. The van der Waals surface area contributed by atoms with E-state index in [1.807, 2.05) is 18.2 Å². The first-order valence-corrected chi connectivity index (χ1v) is 16.3. The van der Waals surface area contributed by atoms with Crippen molar-refractivity contribution in [1.82, 2.24) is 0 Å². The van der Waals surface area contributed by atoms with Crippen LogP contribution in [0.15, 0.2) is 164 Å². The Kier molecular flexibility index (Phi) is 8.60. The maximum atomic E-state index is 13.7. The molecule has 0 atom stereocenters. The normalized spacial score (nSPS) is 12.5. The van der Waals surface area contributed by atoms with Gasteiger partial charge in [0, 0.05) is 35.6 Å². The molecule has 0 aromatic heterocycles. The van der Waals surface area contributed by atoms with Crippen molar-refractivity contribution in [2.75, 3.05) is 0 Å². The van der Waals surface area contributed by atoms with E-state index in [-0.39, 0.29) is 10.7 Å². The van der Waals surface area contributed by atoms with Gasteiger partial charge in [0.1, 0.15) is 0 Å². The molecular weight excluding hydrogens is 602 g/mol. The molecule has 0 radical (unpaired) electrons. The number of hydrogen-bond donors (Lipinski definition) is 0. The lowest BCUT2D eigenvalue weighted by Gasteiger charge is -2.39. The van der Waals surface area contributed by atoms with Gasteiger partial charge >= 0.3 is 15.6 Å². The summed E-state index contributed by atoms with van der Waals surface area (Å²) in [5.74, 6) is -0.0912. The second-order valence-electron chi connectivity index (χ2n) is 8.94. The summed E-state index contributed by atoms with van der Waals surface area (Å²) in [6.07, 6.45) is 0. The third-order valence-corrected chi connectivity index (χ3v) is 12.1. The summed E-state index contributed by atoms with van der Waals surface area (Å²) in [4.78, 5) is 15.2. The topological polar surface area (TPSA) is 60.4 Å². The van der Waals surface area contributed by atoms with Crippen molar-refractivity contribution < 1.29 is 30.0 Å². The molecular formula is C32H23F3O4S3. The molecule has 0 spiro atoms. The van der Waals surface area contributed by atoms with E-state index in [4.69, 9.17) is 3.63 Å². The third-order valence-electron chi connectivity index (χ3n) is 6.17. The fourth-order valence-corrected chi connectivity index (χ4v) is 9.75. The predicted octanol–water partition coefficient (Wildman–Crippen LogP) is 9.13. The van der Waals surface area contributed by atoms with Crippen molar-refractivity contribution in [3.05, 3.63) is 151 Å². The summed E-state index contributed by atoms with van der Waals surface area (Å²) in [7, 11) is -9.34. The van der Waals surface area contributed by atoms with E-state index in [1.54, 1.807) is 121 Å². The molecule has 0 fully saturated rings. The molecule has 4 nitrogen and oxygen atoms in total. The Labute approximate surface area is 247 Å². The van der Waals surface area contributed by atoms with Gasteiger partial charge in [0.2, 0.25) is 0 Å². The van der Waals surface area contributed by atoms with Crippen molar-refractivity contribution in [2.24, 2.45) is 0 Å². The molecule has 0 aliphatic rings. The van der Waals surface area contributed by atoms with Crippen molar-refractivity contribution >= 4 is 38.0 Å². The van der Waals surface area contributed by atoms with Gasteiger partial charge < -0.3 is 0 Å². The predicted molar refractivity (Wildman–Crippen MR) is 158 cm³/mol. The molecule has 0 N–H and O–H groups in total. The standard InChI is InChI=1S/C32H23F3O4S3/c33-32(34,35)42(37,38)39-41(28-12-6-2-7-13-28,29-14-8-3-9-15-29)30-22-20-27(21-23-30)40-26-18-16-25(17-19-26)31(36)24-10-4-1-5-11-24/h1-23H. The van der Waals surface area contributed by atoms with Crippen LogP contribution < -0.4 is 0 Å². The lowest BCUT2D eigenvalue weighted by molar-refractivity contribution is -0.0496. The molecule has 0 bridgehead atoms. The molecule has 5 aromatic carbocycles. The van der Waals surface area contributed by atoms with Crippen LogP contribution >= 0.6 is 22.1 Å². The van der Waals surface area contributed by atoms with E-state index in [0.717, 1.165) is 9.79 Å². The first-order chi connectivity index (χ1) is 20.1. The maximum absolute atomic E-state index is 13.7. The molecule has 0 unspecified atom stereocenters. The van der Waals surface area contributed by atoms with Gasteiger partial charge in [-0.2, -0.15) is 25.2 Å². The monoisotopic (exact) mass is 624 g/mol. The minimum absolute atomic E-state index is 0.0912. The Bertz CT molecular complexity index is 1720. The summed E-state index contributed by atoms with van der Waals surface area (Å²) in [6.45, 7) is 0. The molecule has 5 aromatic rings. The van der Waals surface area contributed by atoms with Crippen LogP contribution in [0.4, 0.5) is 13.2 Å². The highest BCUT2D eigenvalue weighted by atomic mass is 32.3. The number of alkyl halides is 3. The van der Waals surface area contributed by atoms with E-state index in [0.29, 0.717) is 20.9 Å². The van der Waals surface area contributed by atoms with E-state index in [1.165, 1.54) is 11.8 Å². The quantitative estimate of drug-likeness (QED) is 0.121. The number of carbonyl (C=O) groups is 1. The van der Waals surface area contributed by atoms with E-state index in [9.17, 15) is 26.4 Å². The van der Waals surface area contributed by atoms with Gasteiger partial charge in [0.15, 0.2) is 5.78 Å². The van der Waals surface area contributed by atoms with Crippen molar-refractivity contribution in [3.8, 4) is 0 Å².